The Hall–Kier alpha value is -1.49. The molecule has 0 aliphatic heterocycles. The highest BCUT2D eigenvalue weighted by Gasteiger charge is 2.22. The van der Waals surface area contributed by atoms with Gasteiger partial charge in [0.15, 0.2) is 0 Å². The molecule has 0 spiro atoms. The standard InChI is InChI=1S/C16H22O4S/c1-5-11(15(18)19)12-8-6-7-9-13(12)21-10-14(17)20-16(2,3)4/h6-9,11H,5,10H2,1-4H3,(H,18,19). The number of rotatable bonds is 6. The minimum atomic E-state index is -0.845. The van der Waals surface area contributed by atoms with Crippen LogP contribution in [0, 0.1) is 0 Å². The number of carbonyl (C=O) groups excluding carboxylic acids is 1. The first-order valence-corrected chi connectivity index (χ1v) is 7.89. The molecule has 1 aromatic rings. The molecule has 0 aliphatic carbocycles. The second kappa shape index (κ2) is 7.50. The summed E-state index contributed by atoms with van der Waals surface area (Å²) in [6, 6.07) is 7.31. The van der Waals surface area contributed by atoms with Gasteiger partial charge in [0, 0.05) is 4.90 Å². The van der Waals surface area contributed by atoms with Crippen LogP contribution in [0.1, 0.15) is 45.6 Å². The summed E-state index contributed by atoms with van der Waals surface area (Å²) < 4.78 is 5.26. The summed E-state index contributed by atoms with van der Waals surface area (Å²) in [7, 11) is 0. The van der Waals surface area contributed by atoms with E-state index in [0.29, 0.717) is 6.42 Å². The average molecular weight is 310 g/mol. The average Bonchev–Trinajstić information content (AvgIpc) is 2.36. The molecule has 4 nitrogen and oxygen atoms in total. The molecule has 0 heterocycles. The van der Waals surface area contributed by atoms with Gasteiger partial charge in [-0.15, -0.1) is 11.8 Å². The zero-order valence-corrected chi connectivity index (χ0v) is 13.7. The Morgan fingerprint density at radius 2 is 1.90 bits per heavy atom. The zero-order chi connectivity index (χ0) is 16.0. The number of esters is 1. The van der Waals surface area contributed by atoms with Crippen LogP contribution in [0.3, 0.4) is 0 Å². The van der Waals surface area contributed by atoms with Crippen LogP contribution < -0.4 is 0 Å². The predicted octanol–water partition coefficient (Wildman–Crippen LogP) is 3.70. The summed E-state index contributed by atoms with van der Waals surface area (Å²) in [6.07, 6.45) is 0.513. The van der Waals surface area contributed by atoms with Crippen LogP contribution in [0.5, 0.6) is 0 Å². The van der Waals surface area contributed by atoms with E-state index in [1.54, 1.807) is 6.07 Å². The molecule has 0 aliphatic rings. The highest BCUT2D eigenvalue weighted by molar-refractivity contribution is 8.00. The van der Waals surface area contributed by atoms with Crippen molar-refractivity contribution in [1.82, 2.24) is 0 Å². The molecule has 0 saturated heterocycles. The predicted molar refractivity (Wildman–Crippen MR) is 83.7 cm³/mol. The lowest BCUT2D eigenvalue weighted by Crippen LogP contribution is -2.25. The molecule has 0 amide bonds. The molecule has 1 rings (SSSR count). The molecule has 0 aromatic heterocycles. The van der Waals surface area contributed by atoms with E-state index in [1.807, 2.05) is 45.9 Å². The molecule has 0 radical (unpaired) electrons. The Labute approximate surface area is 129 Å². The van der Waals surface area contributed by atoms with E-state index in [-0.39, 0.29) is 11.7 Å². The van der Waals surface area contributed by atoms with Crippen molar-refractivity contribution >= 4 is 23.7 Å². The summed E-state index contributed by atoms with van der Waals surface area (Å²) in [6.45, 7) is 7.30. The number of thioether (sulfide) groups is 1. The third-order valence-electron chi connectivity index (χ3n) is 2.77. The third-order valence-corrected chi connectivity index (χ3v) is 3.83. The highest BCUT2D eigenvalue weighted by Crippen LogP contribution is 2.31. The van der Waals surface area contributed by atoms with E-state index in [4.69, 9.17) is 4.74 Å². The van der Waals surface area contributed by atoms with Gasteiger partial charge in [-0.25, -0.2) is 0 Å². The molecule has 1 atom stereocenters. The molecule has 5 heteroatoms. The first kappa shape index (κ1) is 17.6. The van der Waals surface area contributed by atoms with Crippen molar-refractivity contribution < 1.29 is 19.4 Å². The maximum Gasteiger partial charge on any atom is 0.316 e. The Bertz CT molecular complexity index is 505. The lowest BCUT2D eigenvalue weighted by Gasteiger charge is -2.20. The van der Waals surface area contributed by atoms with Gasteiger partial charge in [-0.05, 0) is 38.8 Å². The third kappa shape index (κ3) is 5.79. The molecular formula is C16H22O4S. The number of carbonyl (C=O) groups is 2. The van der Waals surface area contributed by atoms with Crippen molar-refractivity contribution in [1.29, 1.82) is 0 Å². The van der Waals surface area contributed by atoms with Crippen LogP contribution in [-0.2, 0) is 14.3 Å². The maximum atomic E-state index is 11.8. The van der Waals surface area contributed by atoms with Crippen LogP contribution in [0.2, 0.25) is 0 Å². The second-order valence-electron chi connectivity index (χ2n) is 5.71. The van der Waals surface area contributed by atoms with Gasteiger partial charge in [0.25, 0.3) is 0 Å². The number of benzene rings is 1. The van der Waals surface area contributed by atoms with Gasteiger partial charge < -0.3 is 9.84 Å². The van der Waals surface area contributed by atoms with Crippen molar-refractivity contribution in [2.24, 2.45) is 0 Å². The minimum absolute atomic E-state index is 0.171. The van der Waals surface area contributed by atoms with E-state index in [9.17, 15) is 14.7 Å². The van der Waals surface area contributed by atoms with Crippen molar-refractivity contribution in [3.63, 3.8) is 0 Å². The summed E-state index contributed by atoms with van der Waals surface area (Å²) in [5.41, 5.74) is 0.241. The largest absolute Gasteiger partial charge is 0.481 e. The smallest absolute Gasteiger partial charge is 0.316 e. The lowest BCUT2D eigenvalue weighted by molar-refractivity contribution is -0.151. The quantitative estimate of drug-likeness (QED) is 0.641. The minimum Gasteiger partial charge on any atom is -0.481 e. The van der Waals surface area contributed by atoms with Gasteiger partial charge >= 0.3 is 11.9 Å². The molecule has 116 valence electrons. The molecule has 0 fully saturated rings. The molecule has 1 aromatic carbocycles. The summed E-state index contributed by atoms with van der Waals surface area (Å²) in [5, 5.41) is 9.28. The Morgan fingerprint density at radius 1 is 1.29 bits per heavy atom. The number of aliphatic carboxylic acids is 1. The van der Waals surface area contributed by atoms with E-state index in [2.05, 4.69) is 0 Å². The first-order valence-electron chi connectivity index (χ1n) is 6.91. The van der Waals surface area contributed by atoms with Crippen molar-refractivity contribution in [3.8, 4) is 0 Å². The van der Waals surface area contributed by atoms with Gasteiger partial charge in [0.2, 0.25) is 0 Å². The van der Waals surface area contributed by atoms with Gasteiger partial charge in [0.05, 0.1) is 11.7 Å². The number of carboxylic acids is 1. The van der Waals surface area contributed by atoms with Crippen LogP contribution in [0.4, 0.5) is 0 Å². The molecule has 21 heavy (non-hydrogen) atoms. The maximum absolute atomic E-state index is 11.8. The van der Waals surface area contributed by atoms with Crippen molar-refractivity contribution in [3.05, 3.63) is 29.8 Å². The fourth-order valence-electron chi connectivity index (χ4n) is 1.94. The van der Waals surface area contributed by atoms with Gasteiger partial charge in [-0.1, -0.05) is 25.1 Å². The summed E-state index contributed by atoms with van der Waals surface area (Å²) >= 11 is 1.32. The van der Waals surface area contributed by atoms with Gasteiger partial charge in [-0.2, -0.15) is 0 Å². The fraction of sp³-hybridized carbons (Fsp3) is 0.500. The highest BCUT2D eigenvalue weighted by atomic mass is 32.2. The lowest BCUT2D eigenvalue weighted by atomic mass is 9.97. The normalized spacial score (nSPS) is 12.8. The second-order valence-corrected chi connectivity index (χ2v) is 6.73. The summed E-state index contributed by atoms with van der Waals surface area (Å²) in [5.74, 6) is -1.52. The number of hydrogen-bond donors (Lipinski definition) is 1. The van der Waals surface area contributed by atoms with Crippen LogP contribution in [-0.4, -0.2) is 28.4 Å². The van der Waals surface area contributed by atoms with Crippen LogP contribution in [0.25, 0.3) is 0 Å². The molecular weight excluding hydrogens is 288 g/mol. The van der Waals surface area contributed by atoms with Crippen molar-refractivity contribution in [2.45, 2.75) is 50.5 Å². The zero-order valence-electron chi connectivity index (χ0n) is 12.9. The molecule has 1 unspecified atom stereocenters. The number of carboxylic acid groups (broad SMARTS) is 1. The molecule has 0 saturated carbocycles. The first-order chi connectivity index (χ1) is 9.74. The van der Waals surface area contributed by atoms with E-state index in [0.717, 1.165) is 10.5 Å². The fourth-order valence-corrected chi connectivity index (χ4v) is 2.82. The van der Waals surface area contributed by atoms with Crippen LogP contribution in [0.15, 0.2) is 29.2 Å². The summed E-state index contributed by atoms with van der Waals surface area (Å²) in [4.78, 5) is 23.9. The van der Waals surface area contributed by atoms with Gasteiger partial charge in [-0.3, -0.25) is 9.59 Å². The SMILES string of the molecule is CCC(C(=O)O)c1ccccc1SCC(=O)OC(C)(C)C. The van der Waals surface area contributed by atoms with E-state index in [1.165, 1.54) is 11.8 Å². The topological polar surface area (TPSA) is 63.6 Å². The Morgan fingerprint density at radius 3 is 2.43 bits per heavy atom. The van der Waals surface area contributed by atoms with E-state index >= 15 is 0 Å². The Kier molecular flexibility index (Phi) is 6.27. The van der Waals surface area contributed by atoms with Crippen molar-refractivity contribution in [2.75, 3.05) is 5.75 Å². The van der Waals surface area contributed by atoms with E-state index < -0.39 is 17.5 Å². The number of hydrogen-bond acceptors (Lipinski definition) is 4. The molecule has 0 bridgehead atoms. The number of ether oxygens (including phenoxy) is 1. The molecule has 1 N–H and O–H groups in total. The van der Waals surface area contributed by atoms with Crippen LogP contribution >= 0.6 is 11.8 Å². The van der Waals surface area contributed by atoms with Gasteiger partial charge in [0.1, 0.15) is 5.60 Å². The monoisotopic (exact) mass is 310 g/mol. The Balaban J connectivity index is 2.80.